The highest BCUT2D eigenvalue weighted by Crippen LogP contribution is 2.17. The molecule has 0 spiro atoms. The highest BCUT2D eigenvalue weighted by atomic mass is 127. The zero-order valence-electron chi connectivity index (χ0n) is 19.3. The zero-order chi connectivity index (χ0) is 22.6. The number of nitrogens with zero attached hydrogens (tertiary/aromatic N) is 3. The first kappa shape index (κ1) is 26.4. The van der Waals surface area contributed by atoms with Gasteiger partial charge in [0.2, 0.25) is 5.89 Å². The maximum absolute atomic E-state index is 5.74. The van der Waals surface area contributed by atoms with E-state index >= 15 is 0 Å². The van der Waals surface area contributed by atoms with Crippen molar-refractivity contribution in [2.45, 2.75) is 39.7 Å². The van der Waals surface area contributed by atoms with Gasteiger partial charge in [0.05, 0.1) is 12.7 Å². The van der Waals surface area contributed by atoms with Crippen LogP contribution < -0.4 is 20.1 Å². The van der Waals surface area contributed by atoms with Crippen LogP contribution in [0.25, 0.3) is 0 Å². The van der Waals surface area contributed by atoms with Gasteiger partial charge in [0.25, 0.3) is 0 Å². The summed E-state index contributed by atoms with van der Waals surface area (Å²) in [6.07, 6.45) is 1.55. The smallest absolute Gasteiger partial charge is 0.228 e. The van der Waals surface area contributed by atoms with Gasteiger partial charge in [-0.05, 0) is 57.2 Å². The summed E-state index contributed by atoms with van der Waals surface area (Å²) in [5, 5.41) is 10.5. The van der Waals surface area contributed by atoms with Crippen molar-refractivity contribution in [2.24, 2.45) is 4.99 Å². The number of nitrogens with one attached hydrogen (secondary N) is 2. The van der Waals surface area contributed by atoms with E-state index < -0.39 is 0 Å². The molecule has 2 N–H and O–H groups in total. The summed E-state index contributed by atoms with van der Waals surface area (Å²) in [5.74, 6) is 3.61. The van der Waals surface area contributed by atoms with Gasteiger partial charge in [-0.25, -0.2) is 0 Å². The van der Waals surface area contributed by atoms with Crippen molar-refractivity contribution in [3.63, 3.8) is 0 Å². The van der Waals surface area contributed by atoms with Crippen LogP contribution in [0, 0.1) is 6.92 Å². The molecule has 33 heavy (non-hydrogen) atoms. The number of anilines is 1. The van der Waals surface area contributed by atoms with E-state index in [4.69, 9.17) is 14.0 Å². The number of aliphatic imine (C=N–C) groups is 1. The van der Waals surface area contributed by atoms with Gasteiger partial charge in [0, 0.05) is 31.6 Å². The Morgan fingerprint density at radius 2 is 1.82 bits per heavy atom. The Bertz CT molecular complexity index is 962. The van der Waals surface area contributed by atoms with Crippen molar-refractivity contribution >= 4 is 35.6 Å². The molecule has 0 amide bonds. The predicted octanol–water partition coefficient (Wildman–Crippen LogP) is 4.85. The van der Waals surface area contributed by atoms with E-state index in [1.165, 1.54) is 0 Å². The van der Waals surface area contributed by atoms with Gasteiger partial charge >= 0.3 is 0 Å². The van der Waals surface area contributed by atoms with E-state index in [1.54, 1.807) is 6.92 Å². The van der Waals surface area contributed by atoms with E-state index in [2.05, 4.69) is 25.8 Å². The molecule has 0 aliphatic heterocycles. The number of hydrogen-bond acceptors (Lipinski definition) is 6. The van der Waals surface area contributed by atoms with Gasteiger partial charge in [-0.1, -0.05) is 23.4 Å². The normalized spacial score (nSPS) is 11.1. The summed E-state index contributed by atoms with van der Waals surface area (Å²) in [7, 11) is 0. The quantitative estimate of drug-likeness (QED) is 0.149. The molecule has 3 rings (SSSR count). The fourth-order valence-electron chi connectivity index (χ4n) is 2.86. The first-order valence-electron chi connectivity index (χ1n) is 10.9. The molecule has 0 fully saturated rings. The maximum atomic E-state index is 5.74. The largest absolute Gasteiger partial charge is 0.494 e. The number of halogens is 1. The van der Waals surface area contributed by atoms with Crippen LogP contribution in [0.3, 0.4) is 0 Å². The third-order valence-electron chi connectivity index (χ3n) is 4.27. The first-order valence-corrected chi connectivity index (χ1v) is 10.9. The third-order valence-corrected chi connectivity index (χ3v) is 4.27. The average molecular weight is 565 g/mol. The van der Waals surface area contributed by atoms with Gasteiger partial charge in [0.15, 0.2) is 11.8 Å². The lowest BCUT2D eigenvalue weighted by Crippen LogP contribution is -2.32. The summed E-state index contributed by atoms with van der Waals surface area (Å²) < 4.78 is 16.6. The lowest BCUT2D eigenvalue weighted by Gasteiger charge is -2.14. The van der Waals surface area contributed by atoms with Crippen LogP contribution in [-0.2, 0) is 6.42 Å². The number of rotatable bonds is 11. The highest BCUT2D eigenvalue weighted by Gasteiger charge is 2.05. The molecule has 0 unspecified atom stereocenters. The van der Waals surface area contributed by atoms with Crippen molar-refractivity contribution < 1.29 is 14.0 Å². The van der Waals surface area contributed by atoms with Crippen LogP contribution in [0.4, 0.5) is 5.69 Å². The van der Waals surface area contributed by atoms with Gasteiger partial charge in [-0.15, -0.1) is 24.0 Å². The number of aromatic nitrogens is 2. The Morgan fingerprint density at radius 3 is 2.48 bits per heavy atom. The Kier molecular flexibility index (Phi) is 11.5. The van der Waals surface area contributed by atoms with Crippen LogP contribution in [0.15, 0.2) is 64.1 Å². The molecule has 178 valence electrons. The molecule has 3 aromatic rings. The summed E-state index contributed by atoms with van der Waals surface area (Å²) in [4.78, 5) is 8.91. The molecule has 1 aromatic heterocycles. The molecule has 2 aromatic carbocycles. The molecule has 0 aliphatic rings. The molecule has 0 saturated heterocycles. The lowest BCUT2D eigenvalue weighted by atomic mass is 10.3. The molecule has 0 saturated carbocycles. The van der Waals surface area contributed by atoms with Crippen molar-refractivity contribution in [1.29, 1.82) is 0 Å². The van der Waals surface area contributed by atoms with Crippen LogP contribution in [0.2, 0.25) is 0 Å². The summed E-state index contributed by atoms with van der Waals surface area (Å²) in [6, 6.07) is 17.6. The number of benzene rings is 2. The third kappa shape index (κ3) is 10.1. The second-order valence-electron chi connectivity index (χ2n) is 7.47. The average Bonchev–Trinajstić information content (AvgIpc) is 3.20. The fourth-order valence-corrected chi connectivity index (χ4v) is 2.86. The SMILES string of the molecule is Cc1noc(CCNC(=NCCCOc2ccccc2)Nc2ccc(OC(C)C)cc2)n1.I. The second-order valence-corrected chi connectivity index (χ2v) is 7.47. The van der Waals surface area contributed by atoms with Crippen molar-refractivity contribution in [3.05, 3.63) is 66.3 Å². The summed E-state index contributed by atoms with van der Waals surface area (Å²) >= 11 is 0. The van der Waals surface area contributed by atoms with Gasteiger partial charge < -0.3 is 24.6 Å². The van der Waals surface area contributed by atoms with E-state index in [0.29, 0.717) is 43.8 Å². The number of ether oxygens (including phenoxy) is 2. The molecular formula is C24H32IN5O3. The van der Waals surface area contributed by atoms with E-state index in [1.807, 2.05) is 68.4 Å². The Balaban J connectivity index is 0.00000385. The van der Waals surface area contributed by atoms with E-state index in [-0.39, 0.29) is 30.1 Å². The van der Waals surface area contributed by atoms with Crippen LogP contribution >= 0.6 is 24.0 Å². The molecule has 8 nitrogen and oxygen atoms in total. The molecule has 0 radical (unpaired) electrons. The van der Waals surface area contributed by atoms with Crippen LogP contribution in [0.5, 0.6) is 11.5 Å². The second kappa shape index (κ2) is 14.4. The number of aryl methyl sites for hydroxylation is 1. The topological polar surface area (TPSA) is 93.8 Å². The van der Waals surface area contributed by atoms with Crippen molar-refractivity contribution in [1.82, 2.24) is 15.5 Å². The molecule has 0 atom stereocenters. The highest BCUT2D eigenvalue weighted by molar-refractivity contribution is 14.0. The van der Waals surface area contributed by atoms with Crippen molar-refractivity contribution in [2.75, 3.05) is 25.0 Å². The molecule has 0 aliphatic carbocycles. The Hall–Kier alpha value is -2.82. The number of hydrogen-bond donors (Lipinski definition) is 2. The van der Waals surface area contributed by atoms with E-state index in [0.717, 1.165) is 23.6 Å². The van der Waals surface area contributed by atoms with Gasteiger partial charge in [-0.3, -0.25) is 4.99 Å². The molecule has 9 heteroatoms. The number of para-hydroxylation sites is 1. The van der Waals surface area contributed by atoms with Gasteiger partial charge in [0.1, 0.15) is 11.5 Å². The molecule has 1 heterocycles. The van der Waals surface area contributed by atoms with Gasteiger partial charge in [-0.2, -0.15) is 4.98 Å². The van der Waals surface area contributed by atoms with E-state index in [9.17, 15) is 0 Å². The minimum atomic E-state index is 0. The van der Waals surface area contributed by atoms with Crippen molar-refractivity contribution in [3.8, 4) is 11.5 Å². The summed E-state index contributed by atoms with van der Waals surface area (Å²) in [5.41, 5.74) is 0.918. The predicted molar refractivity (Wildman–Crippen MR) is 141 cm³/mol. The van der Waals surface area contributed by atoms with Crippen LogP contribution in [-0.4, -0.2) is 41.9 Å². The molecule has 0 bridgehead atoms. The standard InChI is InChI=1S/C24H31N5O3.HI/c1-18(2)31-22-12-10-20(11-13-22)28-24(26-16-14-23-27-19(3)29-32-23)25-15-7-17-30-21-8-5-4-6-9-21;/h4-6,8-13,18H,7,14-17H2,1-3H3,(H2,25,26,28);1H. The number of guanidine groups is 1. The lowest BCUT2D eigenvalue weighted by molar-refractivity contribution is 0.242. The Labute approximate surface area is 212 Å². The minimum absolute atomic E-state index is 0. The molecular weight excluding hydrogens is 533 g/mol. The fraction of sp³-hybridized carbons (Fsp3) is 0.375. The Morgan fingerprint density at radius 1 is 1.06 bits per heavy atom. The minimum Gasteiger partial charge on any atom is -0.494 e. The monoisotopic (exact) mass is 565 g/mol. The first-order chi connectivity index (χ1) is 15.6. The van der Waals surface area contributed by atoms with Crippen LogP contribution in [0.1, 0.15) is 32.0 Å². The summed E-state index contributed by atoms with van der Waals surface area (Å²) in [6.45, 7) is 7.65. The zero-order valence-corrected chi connectivity index (χ0v) is 21.6. The maximum Gasteiger partial charge on any atom is 0.228 e.